The molecule has 0 aromatic carbocycles. The van der Waals surface area contributed by atoms with E-state index in [0.29, 0.717) is 0 Å². The van der Waals surface area contributed by atoms with E-state index in [4.69, 9.17) is 11.5 Å². The zero-order valence-corrected chi connectivity index (χ0v) is 6.50. The number of halogens is 2. The zero-order chi connectivity index (χ0) is 10.0. The quantitative estimate of drug-likeness (QED) is 0.676. The Morgan fingerprint density at radius 3 is 2.54 bits per heavy atom. The highest BCUT2D eigenvalue weighted by molar-refractivity contribution is 5.79. The maximum atomic E-state index is 12.3. The third-order valence-electron chi connectivity index (χ3n) is 1.47. The van der Waals surface area contributed by atoms with Crippen LogP contribution < -0.4 is 11.5 Å². The van der Waals surface area contributed by atoms with Crippen LogP contribution in [0.25, 0.3) is 0 Å². The molecule has 0 saturated heterocycles. The number of nitrogen functional groups attached to an aromatic ring is 2. The Bertz CT molecular complexity index is 341. The van der Waals surface area contributed by atoms with Gasteiger partial charge in [-0.05, 0) is 0 Å². The number of pyridine rings is 1. The van der Waals surface area contributed by atoms with Gasteiger partial charge in [0.1, 0.15) is 11.5 Å². The zero-order valence-electron chi connectivity index (χ0n) is 6.50. The first kappa shape index (κ1) is 9.37. The average molecular weight is 187 g/mol. The summed E-state index contributed by atoms with van der Waals surface area (Å²) in [6.45, 7) is 0. The number of carbonyl (C=O) groups excluding carboxylic acids is 1. The summed E-state index contributed by atoms with van der Waals surface area (Å²) in [5, 5.41) is 0. The van der Waals surface area contributed by atoms with Crippen molar-refractivity contribution in [3.63, 3.8) is 0 Å². The maximum Gasteiger partial charge on any atom is 0.268 e. The molecule has 0 fully saturated rings. The SMILES string of the molecule is Nc1cc(N)c(C(F)F)c(C=O)n1. The fourth-order valence-electron chi connectivity index (χ4n) is 0.944. The molecule has 0 unspecified atom stereocenters. The molecule has 0 aliphatic rings. The number of carbonyl (C=O) groups is 1. The van der Waals surface area contributed by atoms with Crippen molar-refractivity contribution in [2.45, 2.75) is 6.43 Å². The molecule has 0 spiro atoms. The van der Waals surface area contributed by atoms with Crippen LogP contribution in [0.4, 0.5) is 20.3 Å². The minimum atomic E-state index is -2.83. The molecule has 13 heavy (non-hydrogen) atoms. The van der Waals surface area contributed by atoms with Crippen molar-refractivity contribution < 1.29 is 13.6 Å². The summed E-state index contributed by atoms with van der Waals surface area (Å²) in [6, 6.07) is 1.09. The van der Waals surface area contributed by atoms with Gasteiger partial charge in [-0.1, -0.05) is 0 Å². The van der Waals surface area contributed by atoms with Crippen molar-refractivity contribution in [1.29, 1.82) is 0 Å². The lowest BCUT2D eigenvalue weighted by atomic mass is 10.1. The first-order valence-electron chi connectivity index (χ1n) is 3.35. The summed E-state index contributed by atoms with van der Waals surface area (Å²) < 4.78 is 24.6. The van der Waals surface area contributed by atoms with E-state index in [1.54, 1.807) is 0 Å². The molecule has 0 aliphatic carbocycles. The Morgan fingerprint density at radius 1 is 1.46 bits per heavy atom. The maximum absolute atomic E-state index is 12.3. The molecule has 1 heterocycles. The van der Waals surface area contributed by atoms with Crippen LogP contribution in [-0.2, 0) is 0 Å². The number of rotatable bonds is 2. The lowest BCUT2D eigenvalue weighted by molar-refractivity contribution is 0.110. The van der Waals surface area contributed by atoms with E-state index < -0.39 is 17.7 Å². The van der Waals surface area contributed by atoms with Crippen molar-refractivity contribution in [3.8, 4) is 0 Å². The van der Waals surface area contributed by atoms with Crippen molar-refractivity contribution in [1.82, 2.24) is 4.98 Å². The predicted octanol–water partition coefficient (Wildman–Crippen LogP) is 0.996. The molecule has 0 amide bonds. The molecule has 1 aromatic heterocycles. The van der Waals surface area contributed by atoms with Crippen molar-refractivity contribution >= 4 is 17.8 Å². The van der Waals surface area contributed by atoms with Gasteiger partial charge in [-0.3, -0.25) is 4.79 Å². The van der Waals surface area contributed by atoms with Crippen molar-refractivity contribution in [2.24, 2.45) is 0 Å². The number of hydrogen-bond acceptors (Lipinski definition) is 4. The highest BCUT2D eigenvalue weighted by atomic mass is 19.3. The molecular weight excluding hydrogens is 180 g/mol. The third-order valence-corrected chi connectivity index (χ3v) is 1.47. The second-order valence-corrected chi connectivity index (χ2v) is 2.35. The number of nitrogens with two attached hydrogens (primary N) is 2. The Kier molecular flexibility index (Phi) is 2.41. The Morgan fingerprint density at radius 2 is 2.08 bits per heavy atom. The fraction of sp³-hybridized carbons (Fsp3) is 0.143. The molecule has 0 aliphatic heterocycles. The van der Waals surface area contributed by atoms with Crippen LogP contribution in [0.15, 0.2) is 6.07 Å². The monoisotopic (exact) mass is 187 g/mol. The molecule has 4 N–H and O–H groups in total. The summed E-state index contributed by atoms with van der Waals surface area (Å²) in [6.07, 6.45) is -2.62. The summed E-state index contributed by atoms with van der Waals surface area (Å²) in [7, 11) is 0. The van der Waals surface area contributed by atoms with Gasteiger partial charge < -0.3 is 11.5 Å². The van der Waals surface area contributed by atoms with Crippen molar-refractivity contribution in [3.05, 3.63) is 17.3 Å². The Balaban J connectivity index is 3.38. The van der Waals surface area contributed by atoms with Crippen LogP contribution in [-0.4, -0.2) is 11.3 Å². The molecule has 6 heteroatoms. The van der Waals surface area contributed by atoms with Gasteiger partial charge in [0.05, 0.1) is 5.56 Å². The number of nitrogens with zero attached hydrogens (tertiary/aromatic N) is 1. The van der Waals surface area contributed by atoms with Gasteiger partial charge in [-0.2, -0.15) is 0 Å². The van der Waals surface area contributed by atoms with E-state index >= 15 is 0 Å². The molecule has 1 rings (SSSR count). The lowest BCUT2D eigenvalue weighted by Gasteiger charge is -2.07. The first-order valence-corrected chi connectivity index (χ1v) is 3.35. The highest BCUT2D eigenvalue weighted by Gasteiger charge is 2.18. The van der Waals surface area contributed by atoms with Crippen LogP contribution in [0.2, 0.25) is 0 Å². The van der Waals surface area contributed by atoms with E-state index in [2.05, 4.69) is 4.98 Å². The number of aldehydes is 1. The molecule has 70 valence electrons. The average Bonchev–Trinajstić information content (AvgIpc) is 2.01. The van der Waals surface area contributed by atoms with Gasteiger partial charge in [0.15, 0.2) is 6.29 Å². The number of hydrogen-bond donors (Lipinski definition) is 2. The second-order valence-electron chi connectivity index (χ2n) is 2.35. The van der Waals surface area contributed by atoms with Crippen LogP contribution in [0.3, 0.4) is 0 Å². The van der Waals surface area contributed by atoms with Crippen LogP contribution >= 0.6 is 0 Å². The van der Waals surface area contributed by atoms with Gasteiger partial charge in [0.25, 0.3) is 6.43 Å². The fourth-order valence-corrected chi connectivity index (χ4v) is 0.944. The largest absolute Gasteiger partial charge is 0.398 e. The van der Waals surface area contributed by atoms with Gasteiger partial charge in [0, 0.05) is 11.8 Å². The van der Waals surface area contributed by atoms with E-state index in [1.165, 1.54) is 0 Å². The third kappa shape index (κ3) is 1.71. The topological polar surface area (TPSA) is 82.0 Å². The summed E-state index contributed by atoms with van der Waals surface area (Å²) in [5.74, 6) is -0.0519. The predicted molar refractivity (Wildman–Crippen MR) is 43.4 cm³/mol. The summed E-state index contributed by atoms with van der Waals surface area (Å²) in [5.41, 5.74) is 9.26. The first-order chi connectivity index (χ1) is 6.06. The summed E-state index contributed by atoms with van der Waals surface area (Å²) in [4.78, 5) is 13.8. The Labute approximate surface area is 72.6 Å². The lowest BCUT2D eigenvalue weighted by Crippen LogP contribution is -2.05. The van der Waals surface area contributed by atoms with E-state index in [-0.39, 0.29) is 17.8 Å². The van der Waals surface area contributed by atoms with Gasteiger partial charge in [0.2, 0.25) is 0 Å². The Hall–Kier alpha value is -1.72. The molecule has 1 aromatic rings. The molecule has 0 atom stereocenters. The number of aromatic nitrogens is 1. The van der Waals surface area contributed by atoms with E-state index in [1.807, 2.05) is 0 Å². The molecule has 4 nitrogen and oxygen atoms in total. The number of alkyl halides is 2. The minimum Gasteiger partial charge on any atom is -0.398 e. The molecule has 0 bridgehead atoms. The smallest absolute Gasteiger partial charge is 0.268 e. The van der Waals surface area contributed by atoms with E-state index in [9.17, 15) is 13.6 Å². The van der Waals surface area contributed by atoms with Gasteiger partial charge in [-0.25, -0.2) is 13.8 Å². The highest BCUT2D eigenvalue weighted by Crippen LogP contribution is 2.27. The van der Waals surface area contributed by atoms with Gasteiger partial charge >= 0.3 is 0 Å². The second kappa shape index (κ2) is 3.34. The van der Waals surface area contributed by atoms with Crippen LogP contribution in [0.5, 0.6) is 0 Å². The van der Waals surface area contributed by atoms with E-state index in [0.717, 1.165) is 6.07 Å². The number of anilines is 2. The van der Waals surface area contributed by atoms with Crippen LogP contribution in [0, 0.1) is 0 Å². The summed E-state index contributed by atoms with van der Waals surface area (Å²) >= 11 is 0. The molecule has 0 radical (unpaired) electrons. The molecule has 0 saturated carbocycles. The minimum absolute atomic E-state index is 0.0519. The van der Waals surface area contributed by atoms with Crippen molar-refractivity contribution in [2.75, 3.05) is 11.5 Å². The normalized spacial score (nSPS) is 10.4. The van der Waals surface area contributed by atoms with Crippen LogP contribution in [0.1, 0.15) is 22.5 Å². The standard InChI is InChI=1S/C7H7F2N3O/c8-7(9)6-3(10)1-5(11)12-4(6)2-13/h1-2,7H,(H4,10,11,12). The molecular formula is C7H7F2N3O. The van der Waals surface area contributed by atoms with Gasteiger partial charge in [-0.15, -0.1) is 0 Å².